The van der Waals surface area contributed by atoms with Gasteiger partial charge in [0.05, 0.1) is 19.8 Å². The second-order valence-corrected chi connectivity index (χ2v) is 8.23. The molecule has 0 bridgehead atoms. The van der Waals surface area contributed by atoms with E-state index in [-0.39, 0.29) is 24.6 Å². The van der Waals surface area contributed by atoms with Gasteiger partial charge < -0.3 is 36.8 Å². The lowest BCUT2D eigenvalue weighted by Gasteiger charge is -2.31. The van der Waals surface area contributed by atoms with Crippen LogP contribution in [0.1, 0.15) is 20.8 Å². The number of carbonyl (C=O) groups is 7. The van der Waals surface area contributed by atoms with E-state index in [2.05, 4.69) is 57.2 Å². The Morgan fingerprint density at radius 3 is 1.68 bits per heavy atom. The van der Waals surface area contributed by atoms with E-state index in [0.717, 1.165) is 4.90 Å². The molecule has 0 aromatic heterocycles. The third kappa shape index (κ3) is 14.1. The number of nitrogens with zero attached hydrogens (tertiary/aromatic N) is 1. The van der Waals surface area contributed by atoms with Crippen LogP contribution in [0.5, 0.6) is 0 Å². The Labute approximate surface area is 224 Å². The van der Waals surface area contributed by atoms with E-state index in [1.807, 2.05) is 0 Å². The first-order valence-electron chi connectivity index (χ1n) is 10.9. The number of thiol groups is 2. The van der Waals surface area contributed by atoms with Crippen LogP contribution in [-0.2, 0) is 38.4 Å². The summed E-state index contributed by atoms with van der Waals surface area (Å²) in [5.74, 6) is -4.70. The van der Waals surface area contributed by atoms with Crippen LogP contribution in [0.15, 0.2) is 0 Å². The molecule has 1 radical (unpaired) electrons. The van der Waals surface area contributed by atoms with E-state index < -0.39 is 72.7 Å². The molecule has 0 aromatic rings. The largest absolute Gasteiger partial charge is 0.354 e. The molecule has 0 heterocycles. The van der Waals surface area contributed by atoms with Gasteiger partial charge in [0.15, 0.2) is 0 Å². The summed E-state index contributed by atoms with van der Waals surface area (Å²) >= 11 is 8.04. The van der Waals surface area contributed by atoms with E-state index in [1.54, 1.807) is 6.29 Å². The minimum atomic E-state index is -1.28. The molecule has 37 heavy (non-hydrogen) atoms. The zero-order chi connectivity index (χ0) is 28.5. The predicted octanol–water partition coefficient (Wildman–Crippen LogP) is -4.40. The van der Waals surface area contributed by atoms with Crippen molar-refractivity contribution in [2.24, 2.45) is 0 Å². The maximum Gasteiger partial charge on any atom is 0.248 e. The van der Waals surface area contributed by atoms with Gasteiger partial charge in [0.2, 0.25) is 47.6 Å². The zero-order valence-corrected chi connectivity index (χ0v) is 22.4. The summed E-state index contributed by atoms with van der Waals surface area (Å²) < 4.78 is 0. The summed E-state index contributed by atoms with van der Waals surface area (Å²) in [4.78, 5) is 95.3. The second-order valence-electron chi connectivity index (χ2n) is 7.50. The summed E-state index contributed by atoms with van der Waals surface area (Å²) in [6, 6.07) is -3.65. The van der Waals surface area contributed by atoms with Gasteiger partial charge >= 0.3 is 0 Å². The first-order chi connectivity index (χ1) is 17.4. The highest BCUT2D eigenvalue weighted by molar-refractivity contribution is 7.80. The molecule has 0 spiro atoms. The SMILES string of the molecule is CC(=O)NCC(=O)NC(CS)C(=O)NCC(=O)N[C@H](CS)C(=O)N(CNC(C)=O)[C@H]([C]=O)CNC(C)=O. The van der Waals surface area contributed by atoms with Crippen LogP contribution >= 0.6 is 25.3 Å². The fourth-order valence-electron chi connectivity index (χ4n) is 2.56. The summed E-state index contributed by atoms with van der Waals surface area (Å²) in [6.45, 7) is 1.99. The van der Waals surface area contributed by atoms with Crippen molar-refractivity contribution in [3.05, 3.63) is 0 Å². The number of hydrogen-bond acceptors (Lipinski definition) is 10. The third-order valence-corrected chi connectivity index (χ3v) is 5.14. The van der Waals surface area contributed by atoms with Crippen molar-refractivity contribution in [2.75, 3.05) is 37.8 Å². The van der Waals surface area contributed by atoms with E-state index in [4.69, 9.17) is 0 Å². The molecule has 6 N–H and O–H groups in total. The average molecular weight is 563 g/mol. The van der Waals surface area contributed by atoms with E-state index in [9.17, 15) is 38.4 Å². The fourth-order valence-corrected chi connectivity index (χ4v) is 3.06. The first kappa shape index (κ1) is 33.7. The van der Waals surface area contributed by atoms with Gasteiger partial charge in [-0.2, -0.15) is 25.3 Å². The summed E-state index contributed by atoms with van der Waals surface area (Å²) in [6.07, 6.45) is 1.61. The standard InChI is InChI=1S/C20H32N7O8S2/c1-11(29)21-4-14(7-28)27(10-24-13(3)31)20(35)16(9-37)26-18(33)6-23-19(34)15(8-36)25-17(32)5-22-12(2)30/h14-16,36-37H,4-6,8-10H2,1-3H3,(H,21,29)(H,22,30)(H,23,34)(H,24,31)(H,25,32)(H,26,33)/t14-,15?,16+/m0/s1. The van der Waals surface area contributed by atoms with Gasteiger partial charge in [-0.05, 0) is 0 Å². The van der Waals surface area contributed by atoms with Crippen LogP contribution in [0, 0.1) is 0 Å². The van der Waals surface area contributed by atoms with Crippen molar-refractivity contribution in [1.29, 1.82) is 0 Å². The molecule has 3 atom stereocenters. The van der Waals surface area contributed by atoms with Gasteiger partial charge in [-0.3, -0.25) is 38.4 Å². The summed E-state index contributed by atoms with van der Waals surface area (Å²) in [5, 5.41) is 14.0. The predicted molar refractivity (Wildman–Crippen MR) is 137 cm³/mol. The highest BCUT2D eigenvalue weighted by Gasteiger charge is 2.31. The molecule has 0 saturated carbocycles. The van der Waals surface area contributed by atoms with Crippen molar-refractivity contribution in [1.82, 2.24) is 36.8 Å². The number of nitrogens with one attached hydrogen (secondary N) is 6. The van der Waals surface area contributed by atoms with Crippen molar-refractivity contribution in [3.63, 3.8) is 0 Å². The fraction of sp³-hybridized carbons (Fsp3) is 0.600. The van der Waals surface area contributed by atoms with Crippen molar-refractivity contribution in [2.45, 2.75) is 38.9 Å². The highest BCUT2D eigenvalue weighted by Crippen LogP contribution is 2.03. The summed E-state index contributed by atoms with van der Waals surface area (Å²) in [7, 11) is 0. The van der Waals surface area contributed by atoms with Crippen LogP contribution in [0.25, 0.3) is 0 Å². The smallest absolute Gasteiger partial charge is 0.248 e. The molecule has 0 rings (SSSR count). The molecule has 207 valence electrons. The van der Waals surface area contributed by atoms with Gasteiger partial charge in [-0.15, -0.1) is 0 Å². The Kier molecular flexibility index (Phi) is 16.4. The molecular formula is C20H32N7O8S2. The monoisotopic (exact) mass is 562 g/mol. The van der Waals surface area contributed by atoms with Crippen LogP contribution in [0.3, 0.4) is 0 Å². The van der Waals surface area contributed by atoms with Gasteiger partial charge in [0.1, 0.15) is 18.1 Å². The Bertz CT molecular complexity index is 874. The van der Waals surface area contributed by atoms with Crippen molar-refractivity contribution < 1.29 is 38.4 Å². The maximum absolute atomic E-state index is 13.0. The molecule has 1 unspecified atom stereocenters. The average Bonchev–Trinajstić information content (AvgIpc) is 2.84. The van der Waals surface area contributed by atoms with E-state index in [1.165, 1.54) is 20.8 Å². The van der Waals surface area contributed by atoms with E-state index in [0.29, 0.717) is 0 Å². The first-order valence-corrected chi connectivity index (χ1v) is 12.1. The van der Waals surface area contributed by atoms with Crippen molar-refractivity contribution >= 4 is 72.9 Å². The number of amides is 7. The number of hydrogen-bond donors (Lipinski definition) is 8. The minimum Gasteiger partial charge on any atom is -0.354 e. The van der Waals surface area contributed by atoms with Crippen LogP contribution < -0.4 is 31.9 Å². The Morgan fingerprint density at radius 2 is 1.22 bits per heavy atom. The van der Waals surface area contributed by atoms with Crippen LogP contribution in [0.2, 0.25) is 0 Å². The Balaban J connectivity index is 5.18. The topological polar surface area (TPSA) is 212 Å². The lowest BCUT2D eigenvalue weighted by molar-refractivity contribution is -0.138. The molecular weight excluding hydrogens is 530 g/mol. The Morgan fingerprint density at radius 1 is 0.730 bits per heavy atom. The third-order valence-electron chi connectivity index (χ3n) is 4.41. The van der Waals surface area contributed by atoms with Gasteiger partial charge in [-0.1, -0.05) is 0 Å². The molecule has 17 heteroatoms. The quantitative estimate of drug-likeness (QED) is 0.0678. The van der Waals surface area contributed by atoms with Gasteiger partial charge in [0, 0.05) is 38.8 Å². The van der Waals surface area contributed by atoms with Crippen LogP contribution in [0.4, 0.5) is 0 Å². The summed E-state index contributed by atoms with van der Waals surface area (Å²) in [5.41, 5.74) is 0. The molecule has 0 aliphatic carbocycles. The minimum absolute atomic E-state index is 0.104. The second kappa shape index (κ2) is 18.0. The molecule has 0 aliphatic rings. The molecule has 0 fully saturated rings. The number of carbonyl (C=O) groups excluding carboxylic acids is 8. The Hall–Kier alpha value is -3.34. The molecule has 0 aliphatic heterocycles. The van der Waals surface area contributed by atoms with Gasteiger partial charge in [-0.25, -0.2) is 0 Å². The lowest BCUT2D eigenvalue weighted by Crippen LogP contribution is -2.59. The van der Waals surface area contributed by atoms with Crippen LogP contribution in [-0.4, -0.2) is 108 Å². The zero-order valence-electron chi connectivity index (χ0n) is 20.6. The highest BCUT2D eigenvalue weighted by atomic mass is 32.1. The molecule has 15 nitrogen and oxygen atoms in total. The normalized spacial score (nSPS) is 12.6. The molecule has 0 aromatic carbocycles. The van der Waals surface area contributed by atoms with Gasteiger partial charge in [0.25, 0.3) is 0 Å². The maximum atomic E-state index is 13.0. The lowest BCUT2D eigenvalue weighted by atomic mass is 10.2. The van der Waals surface area contributed by atoms with E-state index >= 15 is 0 Å². The molecule has 0 saturated heterocycles. The molecule has 7 amide bonds. The van der Waals surface area contributed by atoms with Crippen molar-refractivity contribution in [3.8, 4) is 0 Å². The number of rotatable bonds is 16.